The number of benzene rings is 2. The number of aliphatic hydroxyl groups is 4. The Hall–Kier alpha value is -2.92. The van der Waals surface area contributed by atoms with E-state index >= 15 is 0 Å². The van der Waals surface area contributed by atoms with Gasteiger partial charge in [0.05, 0.1) is 53.2 Å². The summed E-state index contributed by atoms with van der Waals surface area (Å²) in [4.78, 5) is 23.6. The number of nitrogens with zero attached hydrogens (tertiary/aromatic N) is 5. The predicted octanol–water partition coefficient (Wildman–Crippen LogP) is 15.4. The number of carbonyl (C=O) groups is 1. The number of carbonyl (C=O) groups excluding carboxylic acids is 1. The zero-order chi connectivity index (χ0) is 73.1. The number of anilines is 2. The maximum Gasteiger partial charge on any atom is 2.00 e. The third-order valence-electron chi connectivity index (χ3n) is 13.6. The van der Waals surface area contributed by atoms with Gasteiger partial charge in [0.2, 0.25) is 0 Å². The monoisotopic (exact) mass is 1550 g/mol. The van der Waals surface area contributed by atoms with Crippen LogP contribution in [0.3, 0.4) is 0 Å². The first-order valence-electron chi connectivity index (χ1n) is 33.1. The van der Waals surface area contributed by atoms with Gasteiger partial charge < -0.3 is 32.2 Å². The van der Waals surface area contributed by atoms with Gasteiger partial charge in [-0.1, -0.05) is 64.2 Å². The number of nitrogen functional groups attached to an aromatic ring is 1. The molecular formula is C73H123BrF2MgN8O8S3SiTi. The fourth-order valence-electron chi connectivity index (χ4n) is 7.42. The number of Topliss-reactive ketones (excluding diaryl/α,β-unsaturated/α-hetero) is 1. The van der Waals surface area contributed by atoms with E-state index in [-0.39, 0.29) is 114 Å². The molecular weight excluding hydrogens is 1430 g/mol. The number of hydrogen-bond donors (Lipinski definition) is 7. The summed E-state index contributed by atoms with van der Waals surface area (Å²) in [6.45, 7) is 37.5. The van der Waals surface area contributed by atoms with Crippen molar-refractivity contribution in [2.75, 3.05) is 17.3 Å². The number of aromatic nitrogens is 3. The average Bonchev–Trinajstić information content (AvgIpc) is 1.40. The third-order valence-corrected chi connectivity index (χ3v) is 20.1. The van der Waals surface area contributed by atoms with Crippen LogP contribution in [0.1, 0.15) is 223 Å². The Morgan fingerprint density at radius 3 is 1.39 bits per heavy atom. The normalized spacial score (nSPS) is 14.8. The van der Waals surface area contributed by atoms with Crippen molar-refractivity contribution in [1.29, 1.82) is 0 Å². The van der Waals surface area contributed by atoms with Gasteiger partial charge in [-0.15, -0.1) is 23.0 Å². The summed E-state index contributed by atoms with van der Waals surface area (Å²) in [5.41, 5.74) is 10.5. The van der Waals surface area contributed by atoms with E-state index in [0.29, 0.717) is 18.0 Å². The van der Waals surface area contributed by atoms with Gasteiger partial charge in [0.1, 0.15) is 25.0 Å². The van der Waals surface area contributed by atoms with Crippen molar-refractivity contribution in [2.45, 2.75) is 259 Å². The first-order valence-corrected chi connectivity index (χ1v) is 40.0. The van der Waals surface area contributed by atoms with Crippen molar-refractivity contribution in [2.24, 2.45) is 27.3 Å². The molecule has 4 unspecified atom stereocenters. The zero-order valence-corrected chi connectivity index (χ0v) is 71.0. The molecule has 3 saturated carbocycles. The first-order chi connectivity index (χ1) is 43.8. The minimum Gasteiger partial charge on any atom is -1.00 e. The number of ketones is 1. The minimum absolute atomic E-state index is 0. The molecule has 25 heteroatoms. The van der Waals surface area contributed by atoms with E-state index in [9.17, 15) is 26.2 Å². The molecule has 0 saturated heterocycles. The van der Waals surface area contributed by atoms with Crippen LogP contribution in [0.4, 0.5) is 20.2 Å². The summed E-state index contributed by atoms with van der Waals surface area (Å²) in [6.07, 6.45) is 23.1. The van der Waals surface area contributed by atoms with Gasteiger partial charge in [0.25, 0.3) is 0 Å². The molecule has 0 aliphatic heterocycles. The maximum absolute atomic E-state index is 13.8. The van der Waals surface area contributed by atoms with Gasteiger partial charge in [-0.3, -0.25) is 24.9 Å². The second-order valence-electron chi connectivity index (χ2n) is 29.0. The topological polar surface area (TPSA) is 268 Å². The second kappa shape index (κ2) is 51.3. The standard InChI is InChI=1S/C21H28FN3OS.C15H22N2OS.C11H13NO.C10H15FNSi.C4H11NOS.4C3H8O.BrH.Mg.Ti.H/c1-20(2,3)27(26)25-21(11-8-15-4-5-15,16-9-12-24-13-10-16)17-6-7-18(22)19(23)14-17;1-15(2,3)19(18)17-14(7-6-12-4-5-12)13-8-10-16-11-9-13;13-11(4-3-9-1-2-9)10-5-7-12-8-6-10;1-12(13(2,3)4)10-8-6-5-7-9(10)11;1-4(2,3)7(5)6;4*1-3(2)4;;;;/h6-7,9-10,12-15,25H,4-5,8,11,23H2,1-3H3;8-12H,4-7H2,1-3H3;5-9H,1-4H2;5,7-8H,1-4H3;5H2,1-3H3;4*3-4H,1-2H3;1H;;;/q;;;-1;;;;;;;+2;;-1. The SMILES string of the molecule is Br.CC(C)(C)S(=O)N=C(CCC1CC1)c1ccncc1.CC(C)(C)S(=O)NC(CCC1CC1)(c1ccncc1)c1ccc(F)c(N)c1.CC(C)(C)S(N)=O.CC(C)O.CC(C)O.CC(C)O.CC(C)O.CN(c1c[c-]ccc1F)[Si](C)(C)C.O=C(CCC1CC1)c1ccncc1.[H-].[Mg+2].[Ti]. The predicted molar refractivity (Wildman–Crippen MR) is 416 cm³/mol. The van der Waals surface area contributed by atoms with E-state index < -0.39 is 57.3 Å². The smallest absolute Gasteiger partial charge is 1.00 e. The third kappa shape index (κ3) is 48.9. The van der Waals surface area contributed by atoms with Gasteiger partial charge in [0, 0.05) is 101 Å². The van der Waals surface area contributed by atoms with Crippen molar-refractivity contribution in [3.63, 3.8) is 0 Å². The molecule has 0 radical (unpaired) electrons. The van der Waals surface area contributed by atoms with E-state index in [1.165, 1.54) is 50.7 Å². The molecule has 3 aliphatic carbocycles. The largest absolute Gasteiger partial charge is 2.00 e. The van der Waals surface area contributed by atoms with Gasteiger partial charge in [-0.05, 0) is 246 Å². The Labute approximate surface area is 641 Å². The number of aliphatic hydroxyl groups excluding tert-OH is 4. The van der Waals surface area contributed by atoms with E-state index in [1.54, 1.807) is 129 Å². The van der Waals surface area contributed by atoms with Crippen LogP contribution in [0, 0.1) is 35.5 Å². The van der Waals surface area contributed by atoms with Crippen LogP contribution in [0.5, 0.6) is 0 Å². The Morgan fingerprint density at radius 1 is 0.643 bits per heavy atom. The Morgan fingerprint density at radius 2 is 1.03 bits per heavy atom. The molecule has 3 heterocycles. The van der Waals surface area contributed by atoms with Crippen LogP contribution in [-0.4, -0.2) is 136 Å². The molecule has 552 valence electrons. The molecule has 0 spiro atoms. The van der Waals surface area contributed by atoms with Gasteiger partial charge >= 0.3 is 23.1 Å². The van der Waals surface area contributed by atoms with Crippen molar-refractivity contribution >= 4 is 104 Å². The quantitative estimate of drug-likeness (QED) is 0.0142. The molecule has 3 aromatic heterocycles. The minimum atomic E-state index is -1.46. The van der Waals surface area contributed by atoms with Crippen LogP contribution in [-0.2, 0) is 60.2 Å². The van der Waals surface area contributed by atoms with Gasteiger partial charge in [-0.25, -0.2) is 26.1 Å². The van der Waals surface area contributed by atoms with Crippen LogP contribution in [0.15, 0.2) is 114 Å². The molecule has 9 N–H and O–H groups in total. The average molecular weight is 1560 g/mol. The summed E-state index contributed by atoms with van der Waals surface area (Å²) < 4.78 is 71.8. The first kappa shape index (κ1) is 101. The summed E-state index contributed by atoms with van der Waals surface area (Å²) in [5.74, 6) is 2.05. The maximum atomic E-state index is 13.8. The van der Waals surface area contributed by atoms with Crippen LogP contribution < -0.4 is 20.2 Å². The fourth-order valence-corrected chi connectivity index (χ4v) is 9.95. The summed E-state index contributed by atoms with van der Waals surface area (Å²) in [7, 11) is -3.21. The second-order valence-corrected chi connectivity index (χ2v) is 39.7. The van der Waals surface area contributed by atoms with Crippen molar-refractivity contribution in [3.05, 3.63) is 150 Å². The number of nitrogens with two attached hydrogens (primary N) is 2. The van der Waals surface area contributed by atoms with Gasteiger partial charge in [-0.2, -0.15) is 22.6 Å². The summed E-state index contributed by atoms with van der Waals surface area (Å²) in [6, 6.07) is 23.8. The summed E-state index contributed by atoms with van der Waals surface area (Å²) in [5, 5.41) is 37.3. The van der Waals surface area contributed by atoms with Crippen LogP contribution >= 0.6 is 17.0 Å². The van der Waals surface area contributed by atoms with Gasteiger partial charge in [0.15, 0.2) is 5.78 Å². The van der Waals surface area contributed by atoms with Crippen LogP contribution in [0.25, 0.3) is 0 Å². The van der Waals surface area contributed by atoms with Crippen molar-refractivity contribution in [3.8, 4) is 0 Å². The van der Waals surface area contributed by atoms with E-state index in [2.05, 4.69) is 49.8 Å². The Bertz CT molecular complexity index is 3000. The molecule has 4 atom stereocenters. The number of hydrogen-bond acceptors (Lipinski definition) is 13. The molecule has 8 rings (SSSR count). The molecule has 2 aromatic carbocycles. The van der Waals surface area contributed by atoms with Crippen molar-refractivity contribution < 1.29 is 69.8 Å². The Balaban J connectivity index is -0.000000363. The number of pyridine rings is 3. The number of rotatable bonds is 18. The molecule has 16 nitrogen and oxygen atoms in total. The van der Waals surface area contributed by atoms with Crippen molar-refractivity contribution in [1.82, 2.24) is 19.7 Å². The Kier molecular flexibility index (Phi) is 53.1. The van der Waals surface area contributed by atoms with Crippen LogP contribution in [0.2, 0.25) is 19.6 Å². The molecule has 3 aliphatic rings. The van der Waals surface area contributed by atoms with E-state index in [4.69, 9.17) is 31.3 Å². The zero-order valence-electron chi connectivity index (χ0n) is 63.8. The molecule has 0 amide bonds. The van der Waals surface area contributed by atoms with E-state index in [0.717, 1.165) is 71.9 Å². The number of nitrogens with one attached hydrogen (secondary N) is 1. The molecule has 3 fully saturated rings. The van der Waals surface area contributed by atoms with E-state index in [1.807, 2.05) is 98.2 Å². The number of halogens is 3. The summed E-state index contributed by atoms with van der Waals surface area (Å²) >= 11 is 0. The fraction of sp³-hybridized carbons (Fsp3) is 0.603. The molecule has 5 aromatic rings. The molecule has 0 bridgehead atoms. The molecule has 98 heavy (non-hydrogen) atoms.